The van der Waals surface area contributed by atoms with E-state index in [0.29, 0.717) is 18.4 Å². The van der Waals surface area contributed by atoms with Gasteiger partial charge in [-0.15, -0.1) is 11.3 Å². The number of anilines is 1. The van der Waals surface area contributed by atoms with Gasteiger partial charge in [-0.05, 0) is 13.8 Å². The minimum atomic E-state index is 0.592. The standard InChI is InChI=1S/C12H16N4OS/c1-3-17-10-4-6-13-12(16-10)14-7-5-11-15-9(2)8-18-11/h4,6,8H,3,5,7H2,1-2H3,(H,13,14,16). The first kappa shape index (κ1) is 12.8. The van der Waals surface area contributed by atoms with Gasteiger partial charge in [0.2, 0.25) is 11.8 Å². The number of nitrogens with zero attached hydrogens (tertiary/aromatic N) is 3. The van der Waals surface area contributed by atoms with Crippen LogP contribution in [0.1, 0.15) is 17.6 Å². The Morgan fingerprint density at radius 3 is 3.00 bits per heavy atom. The van der Waals surface area contributed by atoms with Crippen LogP contribution in [-0.2, 0) is 6.42 Å². The van der Waals surface area contributed by atoms with Crippen LogP contribution in [0.2, 0.25) is 0 Å². The van der Waals surface area contributed by atoms with Crippen molar-refractivity contribution >= 4 is 17.3 Å². The predicted molar refractivity (Wildman–Crippen MR) is 72.2 cm³/mol. The summed E-state index contributed by atoms with van der Waals surface area (Å²) in [4.78, 5) is 12.8. The molecule has 0 aromatic carbocycles. The smallest absolute Gasteiger partial charge is 0.225 e. The number of hydrogen-bond donors (Lipinski definition) is 1. The van der Waals surface area contributed by atoms with Gasteiger partial charge in [0.25, 0.3) is 0 Å². The molecule has 96 valence electrons. The van der Waals surface area contributed by atoms with Crippen LogP contribution in [-0.4, -0.2) is 28.1 Å². The average Bonchev–Trinajstić information content (AvgIpc) is 2.76. The maximum absolute atomic E-state index is 5.31. The zero-order chi connectivity index (χ0) is 12.8. The van der Waals surface area contributed by atoms with Gasteiger partial charge in [0.1, 0.15) is 0 Å². The van der Waals surface area contributed by atoms with Gasteiger partial charge in [-0.25, -0.2) is 9.97 Å². The predicted octanol–water partition coefficient (Wildman–Crippen LogP) is 2.29. The van der Waals surface area contributed by atoms with Crippen molar-refractivity contribution in [1.29, 1.82) is 0 Å². The lowest BCUT2D eigenvalue weighted by Crippen LogP contribution is -2.08. The van der Waals surface area contributed by atoms with Crippen LogP contribution in [0.15, 0.2) is 17.6 Å². The molecule has 0 radical (unpaired) electrons. The molecule has 0 aliphatic rings. The van der Waals surface area contributed by atoms with E-state index >= 15 is 0 Å². The first-order valence-electron chi connectivity index (χ1n) is 5.88. The van der Waals surface area contributed by atoms with Gasteiger partial charge < -0.3 is 10.1 Å². The van der Waals surface area contributed by atoms with E-state index in [2.05, 4.69) is 25.6 Å². The third-order valence-corrected chi connectivity index (χ3v) is 3.24. The van der Waals surface area contributed by atoms with E-state index in [4.69, 9.17) is 4.74 Å². The second kappa shape index (κ2) is 6.30. The van der Waals surface area contributed by atoms with Crippen molar-refractivity contribution in [3.05, 3.63) is 28.3 Å². The highest BCUT2D eigenvalue weighted by Gasteiger charge is 2.01. The SMILES string of the molecule is CCOc1ccnc(NCCc2nc(C)cs2)n1. The lowest BCUT2D eigenvalue weighted by molar-refractivity contribution is 0.326. The maximum atomic E-state index is 5.31. The monoisotopic (exact) mass is 264 g/mol. The molecular formula is C12H16N4OS. The van der Waals surface area contributed by atoms with E-state index in [1.54, 1.807) is 23.6 Å². The summed E-state index contributed by atoms with van der Waals surface area (Å²) in [5.41, 5.74) is 1.07. The number of thiazole rings is 1. The first-order valence-corrected chi connectivity index (χ1v) is 6.76. The van der Waals surface area contributed by atoms with E-state index in [1.807, 2.05) is 13.8 Å². The van der Waals surface area contributed by atoms with Crippen molar-refractivity contribution < 1.29 is 4.74 Å². The number of rotatable bonds is 6. The van der Waals surface area contributed by atoms with Crippen LogP contribution in [0.4, 0.5) is 5.95 Å². The maximum Gasteiger partial charge on any atom is 0.225 e. The Balaban J connectivity index is 1.84. The van der Waals surface area contributed by atoms with Gasteiger partial charge in [0, 0.05) is 36.3 Å². The highest BCUT2D eigenvalue weighted by atomic mass is 32.1. The summed E-state index contributed by atoms with van der Waals surface area (Å²) < 4.78 is 5.31. The Morgan fingerprint density at radius 1 is 1.39 bits per heavy atom. The zero-order valence-corrected chi connectivity index (χ0v) is 11.3. The number of aryl methyl sites for hydroxylation is 1. The van der Waals surface area contributed by atoms with E-state index < -0.39 is 0 Å². The molecule has 0 fully saturated rings. The molecule has 0 aliphatic heterocycles. The topological polar surface area (TPSA) is 59.9 Å². The van der Waals surface area contributed by atoms with Crippen LogP contribution in [0, 0.1) is 6.92 Å². The molecule has 1 N–H and O–H groups in total. The third-order valence-electron chi connectivity index (χ3n) is 2.21. The summed E-state index contributed by atoms with van der Waals surface area (Å²) in [6.45, 7) is 5.31. The highest BCUT2D eigenvalue weighted by Crippen LogP contribution is 2.10. The summed E-state index contributed by atoms with van der Waals surface area (Å²) in [5, 5.41) is 6.35. The van der Waals surface area contributed by atoms with Crippen molar-refractivity contribution in [2.45, 2.75) is 20.3 Å². The molecular weight excluding hydrogens is 248 g/mol. The fourth-order valence-electron chi connectivity index (χ4n) is 1.45. The Bertz CT molecular complexity index is 500. The summed E-state index contributed by atoms with van der Waals surface area (Å²) in [6, 6.07) is 1.75. The zero-order valence-electron chi connectivity index (χ0n) is 10.5. The number of ether oxygens (including phenoxy) is 1. The van der Waals surface area contributed by atoms with Gasteiger partial charge in [-0.1, -0.05) is 0 Å². The molecule has 0 saturated carbocycles. The molecule has 0 saturated heterocycles. The van der Waals surface area contributed by atoms with E-state index in [0.717, 1.165) is 23.7 Å². The van der Waals surface area contributed by atoms with E-state index in [1.165, 1.54) is 0 Å². The summed E-state index contributed by atoms with van der Waals surface area (Å²) in [5.74, 6) is 1.19. The Hall–Kier alpha value is -1.69. The van der Waals surface area contributed by atoms with Crippen LogP contribution >= 0.6 is 11.3 Å². The van der Waals surface area contributed by atoms with Gasteiger partial charge in [0.05, 0.1) is 11.6 Å². The largest absolute Gasteiger partial charge is 0.478 e. The Labute approximate surface area is 110 Å². The number of hydrogen-bond acceptors (Lipinski definition) is 6. The van der Waals surface area contributed by atoms with Gasteiger partial charge in [-0.2, -0.15) is 4.98 Å². The molecule has 2 rings (SSSR count). The molecule has 0 bridgehead atoms. The quantitative estimate of drug-likeness (QED) is 0.867. The minimum Gasteiger partial charge on any atom is -0.478 e. The molecule has 6 heteroatoms. The minimum absolute atomic E-state index is 0.592. The lowest BCUT2D eigenvalue weighted by Gasteiger charge is -2.05. The summed E-state index contributed by atoms with van der Waals surface area (Å²) >= 11 is 1.68. The average molecular weight is 264 g/mol. The van der Waals surface area contributed by atoms with Gasteiger partial charge >= 0.3 is 0 Å². The first-order chi connectivity index (χ1) is 8.78. The van der Waals surface area contributed by atoms with Crippen LogP contribution in [0.3, 0.4) is 0 Å². The van der Waals surface area contributed by atoms with Crippen LogP contribution in [0.25, 0.3) is 0 Å². The fraction of sp³-hybridized carbons (Fsp3) is 0.417. The second-order valence-corrected chi connectivity index (χ2v) is 4.65. The molecule has 2 aromatic rings. The van der Waals surface area contributed by atoms with Crippen molar-refractivity contribution in [2.24, 2.45) is 0 Å². The lowest BCUT2D eigenvalue weighted by atomic mass is 10.4. The molecule has 0 unspecified atom stereocenters. The number of aromatic nitrogens is 3. The summed E-state index contributed by atoms with van der Waals surface area (Å²) in [7, 11) is 0. The van der Waals surface area contributed by atoms with Crippen LogP contribution < -0.4 is 10.1 Å². The molecule has 18 heavy (non-hydrogen) atoms. The Morgan fingerprint density at radius 2 is 2.28 bits per heavy atom. The normalized spacial score (nSPS) is 10.3. The number of nitrogens with one attached hydrogen (secondary N) is 1. The molecule has 2 aromatic heterocycles. The van der Waals surface area contributed by atoms with E-state index in [-0.39, 0.29) is 0 Å². The van der Waals surface area contributed by atoms with Crippen molar-refractivity contribution in [3.63, 3.8) is 0 Å². The molecule has 0 atom stereocenters. The van der Waals surface area contributed by atoms with Gasteiger partial charge in [-0.3, -0.25) is 0 Å². The van der Waals surface area contributed by atoms with Crippen molar-refractivity contribution in [3.8, 4) is 5.88 Å². The van der Waals surface area contributed by atoms with Gasteiger partial charge in [0.15, 0.2) is 0 Å². The van der Waals surface area contributed by atoms with Crippen molar-refractivity contribution in [1.82, 2.24) is 15.0 Å². The molecule has 2 heterocycles. The van der Waals surface area contributed by atoms with Crippen LogP contribution in [0.5, 0.6) is 5.88 Å². The Kier molecular flexibility index (Phi) is 4.46. The highest BCUT2D eigenvalue weighted by molar-refractivity contribution is 7.09. The molecule has 0 amide bonds. The third kappa shape index (κ3) is 3.66. The van der Waals surface area contributed by atoms with E-state index in [9.17, 15) is 0 Å². The summed E-state index contributed by atoms with van der Waals surface area (Å²) in [6.07, 6.45) is 2.56. The van der Waals surface area contributed by atoms with Crippen molar-refractivity contribution in [2.75, 3.05) is 18.5 Å². The fourth-order valence-corrected chi connectivity index (χ4v) is 2.23. The second-order valence-electron chi connectivity index (χ2n) is 3.71. The molecule has 0 spiro atoms. The molecule has 5 nitrogen and oxygen atoms in total. The molecule has 0 aliphatic carbocycles.